The number of halogens is 1. The molecule has 0 saturated carbocycles. The molecule has 1 saturated heterocycles. The highest BCUT2D eigenvalue weighted by molar-refractivity contribution is 7.89. The predicted octanol–water partition coefficient (Wildman–Crippen LogP) is 2.40. The molecule has 0 spiro atoms. The number of rotatable bonds is 5. The lowest BCUT2D eigenvalue weighted by molar-refractivity contribution is 0.0526. The molecule has 2 N–H and O–H groups in total. The van der Waals surface area contributed by atoms with Crippen molar-refractivity contribution in [3.05, 3.63) is 65.7 Å². The Labute approximate surface area is 165 Å². The van der Waals surface area contributed by atoms with Crippen LogP contribution < -0.4 is 5.73 Å². The molecule has 1 aliphatic heterocycles. The molecule has 27 heavy (non-hydrogen) atoms. The number of sulfonamides is 1. The molecule has 8 heteroatoms. The van der Waals surface area contributed by atoms with Gasteiger partial charge in [-0.25, -0.2) is 13.2 Å². The SMILES string of the molecule is CCOC(=O)c1cccc(S(=O)(=O)N2C[C@@H](N)[C@H](c3ccccc3)C2)c1.Cl. The number of carbonyl (C=O) groups excluding carboxylic acids is 1. The van der Waals surface area contributed by atoms with Gasteiger partial charge in [-0.05, 0) is 30.7 Å². The van der Waals surface area contributed by atoms with Gasteiger partial charge in [0.05, 0.1) is 17.1 Å². The van der Waals surface area contributed by atoms with E-state index in [2.05, 4.69) is 0 Å². The maximum Gasteiger partial charge on any atom is 0.338 e. The first-order chi connectivity index (χ1) is 12.4. The van der Waals surface area contributed by atoms with E-state index in [1.165, 1.54) is 16.4 Å². The number of nitrogens with two attached hydrogens (primary N) is 1. The maximum absolute atomic E-state index is 13.0. The lowest BCUT2D eigenvalue weighted by Crippen LogP contribution is -2.32. The molecule has 2 aromatic rings. The fourth-order valence-electron chi connectivity index (χ4n) is 3.19. The Balaban J connectivity index is 0.00000261. The van der Waals surface area contributed by atoms with Crippen molar-refractivity contribution in [1.29, 1.82) is 0 Å². The molecule has 0 amide bonds. The number of ether oxygens (including phenoxy) is 1. The van der Waals surface area contributed by atoms with Crippen LogP contribution in [0.25, 0.3) is 0 Å². The number of esters is 1. The fourth-order valence-corrected chi connectivity index (χ4v) is 4.74. The van der Waals surface area contributed by atoms with Crippen LogP contribution in [0.1, 0.15) is 28.8 Å². The van der Waals surface area contributed by atoms with Gasteiger partial charge in [0.1, 0.15) is 0 Å². The average Bonchev–Trinajstić information content (AvgIpc) is 3.05. The fraction of sp³-hybridized carbons (Fsp3) is 0.316. The zero-order valence-electron chi connectivity index (χ0n) is 14.9. The molecule has 1 heterocycles. The quantitative estimate of drug-likeness (QED) is 0.764. The first kappa shape index (κ1) is 21.4. The van der Waals surface area contributed by atoms with E-state index in [0.29, 0.717) is 6.54 Å². The van der Waals surface area contributed by atoms with Crippen molar-refractivity contribution in [3.63, 3.8) is 0 Å². The molecule has 0 bridgehead atoms. The minimum absolute atomic E-state index is 0. The molecule has 0 aliphatic carbocycles. The summed E-state index contributed by atoms with van der Waals surface area (Å²) < 4.78 is 32.3. The lowest BCUT2D eigenvalue weighted by Gasteiger charge is -2.17. The number of benzene rings is 2. The Hall–Kier alpha value is -1.93. The van der Waals surface area contributed by atoms with E-state index < -0.39 is 16.0 Å². The Morgan fingerprint density at radius 1 is 1.15 bits per heavy atom. The molecule has 2 atom stereocenters. The number of carbonyl (C=O) groups is 1. The van der Waals surface area contributed by atoms with Crippen LogP contribution in [0.15, 0.2) is 59.5 Å². The van der Waals surface area contributed by atoms with Gasteiger partial charge in [0.2, 0.25) is 10.0 Å². The monoisotopic (exact) mass is 410 g/mol. The van der Waals surface area contributed by atoms with Gasteiger partial charge in [0, 0.05) is 25.0 Å². The Morgan fingerprint density at radius 2 is 1.85 bits per heavy atom. The van der Waals surface area contributed by atoms with Gasteiger partial charge in [0.25, 0.3) is 0 Å². The highest BCUT2D eigenvalue weighted by Gasteiger charge is 2.38. The van der Waals surface area contributed by atoms with Crippen molar-refractivity contribution in [1.82, 2.24) is 4.31 Å². The van der Waals surface area contributed by atoms with E-state index in [9.17, 15) is 13.2 Å². The van der Waals surface area contributed by atoms with Crippen LogP contribution in [0.2, 0.25) is 0 Å². The van der Waals surface area contributed by atoms with Crippen LogP contribution in [-0.2, 0) is 14.8 Å². The highest BCUT2D eigenvalue weighted by Crippen LogP contribution is 2.30. The molecular formula is C19H23ClN2O4S. The van der Waals surface area contributed by atoms with Crippen LogP contribution in [0.4, 0.5) is 0 Å². The second kappa shape index (κ2) is 8.84. The molecule has 0 aromatic heterocycles. The minimum Gasteiger partial charge on any atom is -0.462 e. The number of hydrogen-bond donors (Lipinski definition) is 1. The van der Waals surface area contributed by atoms with Crippen LogP contribution >= 0.6 is 12.4 Å². The topological polar surface area (TPSA) is 89.7 Å². The van der Waals surface area contributed by atoms with E-state index >= 15 is 0 Å². The molecular weight excluding hydrogens is 388 g/mol. The first-order valence-electron chi connectivity index (χ1n) is 8.51. The second-order valence-corrected chi connectivity index (χ2v) is 8.19. The van der Waals surface area contributed by atoms with Gasteiger partial charge >= 0.3 is 5.97 Å². The summed E-state index contributed by atoms with van der Waals surface area (Å²) in [4.78, 5) is 12.0. The van der Waals surface area contributed by atoms with Crippen LogP contribution in [0.5, 0.6) is 0 Å². The third kappa shape index (κ3) is 4.50. The molecule has 6 nitrogen and oxygen atoms in total. The summed E-state index contributed by atoms with van der Waals surface area (Å²) in [5.41, 5.74) is 7.46. The average molecular weight is 411 g/mol. The van der Waals surface area contributed by atoms with Crippen LogP contribution in [-0.4, -0.2) is 44.4 Å². The van der Waals surface area contributed by atoms with Gasteiger partial charge in [-0.15, -0.1) is 12.4 Å². The summed E-state index contributed by atoms with van der Waals surface area (Å²) in [5.74, 6) is -0.593. The molecule has 1 fully saturated rings. The van der Waals surface area contributed by atoms with E-state index in [1.807, 2.05) is 30.3 Å². The molecule has 146 valence electrons. The summed E-state index contributed by atoms with van der Waals surface area (Å²) in [6, 6.07) is 15.3. The van der Waals surface area contributed by atoms with Gasteiger partial charge in [0.15, 0.2) is 0 Å². The van der Waals surface area contributed by atoms with Gasteiger partial charge in [-0.2, -0.15) is 4.31 Å². The van der Waals surface area contributed by atoms with Gasteiger partial charge in [-0.3, -0.25) is 0 Å². The van der Waals surface area contributed by atoms with Crippen molar-refractivity contribution in [2.24, 2.45) is 5.73 Å². The van der Waals surface area contributed by atoms with E-state index in [1.54, 1.807) is 19.1 Å². The van der Waals surface area contributed by atoms with Crippen LogP contribution in [0.3, 0.4) is 0 Å². The number of nitrogens with zero attached hydrogens (tertiary/aromatic N) is 1. The molecule has 0 radical (unpaired) electrons. The van der Waals surface area contributed by atoms with E-state index in [0.717, 1.165) is 5.56 Å². The summed E-state index contributed by atoms with van der Waals surface area (Å²) in [5, 5.41) is 0. The maximum atomic E-state index is 13.0. The largest absolute Gasteiger partial charge is 0.462 e. The normalized spacial score (nSPS) is 20.1. The third-order valence-corrected chi connectivity index (χ3v) is 6.37. The first-order valence-corrected chi connectivity index (χ1v) is 9.95. The minimum atomic E-state index is -3.74. The summed E-state index contributed by atoms with van der Waals surface area (Å²) in [6.45, 7) is 2.49. The Morgan fingerprint density at radius 3 is 2.52 bits per heavy atom. The molecule has 3 rings (SSSR count). The second-order valence-electron chi connectivity index (χ2n) is 6.25. The summed E-state index contributed by atoms with van der Waals surface area (Å²) >= 11 is 0. The smallest absolute Gasteiger partial charge is 0.338 e. The summed E-state index contributed by atoms with van der Waals surface area (Å²) in [6.07, 6.45) is 0. The van der Waals surface area contributed by atoms with Crippen molar-refractivity contribution in [3.8, 4) is 0 Å². The highest BCUT2D eigenvalue weighted by atomic mass is 35.5. The zero-order valence-corrected chi connectivity index (χ0v) is 16.6. The van der Waals surface area contributed by atoms with Gasteiger partial charge < -0.3 is 10.5 Å². The zero-order chi connectivity index (χ0) is 18.7. The Bertz CT molecular complexity index is 890. The van der Waals surface area contributed by atoms with Crippen molar-refractivity contribution in [2.45, 2.75) is 23.8 Å². The molecule has 2 aromatic carbocycles. The summed E-state index contributed by atoms with van der Waals surface area (Å²) in [7, 11) is -3.74. The number of hydrogen-bond acceptors (Lipinski definition) is 5. The standard InChI is InChI=1S/C19H22N2O4S.ClH/c1-2-25-19(22)15-9-6-10-16(11-15)26(23,24)21-12-17(18(20)13-21)14-7-4-3-5-8-14;/h3-11,17-18H,2,12-13,20H2,1H3;1H/t17-,18+;/m0./s1. The molecule has 1 aliphatic rings. The lowest BCUT2D eigenvalue weighted by atomic mass is 9.95. The van der Waals surface area contributed by atoms with Crippen molar-refractivity contribution >= 4 is 28.4 Å². The van der Waals surface area contributed by atoms with Crippen molar-refractivity contribution in [2.75, 3.05) is 19.7 Å². The van der Waals surface area contributed by atoms with E-state index in [4.69, 9.17) is 10.5 Å². The predicted molar refractivity (Wildman–Crippen MR) is 106 cm³/mol. The Kier molecular flexibility index (Phi) is 7.00. The van der Waals surface area contributed by atoms with Gasteiger partial charge in [-0.1, -0.05) is 36.4 Å². The third-order valence-electron chi connectivity index (χ3n) is 4.54. The molecule has 0 unspecified atom stereocenters. The van der Waals surface area contributed by atoms with E-state index in [-0.39, 0.29) is 48.0 Å². The van der Waals surface area contributed by atoms with Crippen molar-refractivity contribution < 1.29 is 17.9 Å². The van der Waals surface area contributed by atoms with Crippen LogP contribution in [0, 0.1) is 0 Å².